The molecule has 2 aromatic rings. The molecule has 1 aliphatic heterocycles. The van der Waals surface area contributed by atoms with E-state index in [0.717, 1.165) is 11.1 Å². The number of Topliss-reactive ketones (excluding diaryl/α,β-unsaturated/α-hetero) is 1. The van der Waals surface area contributed by atoms with E-state index >= 15 is 0 Å². The van der Waals surface area contributed by atoms with E-state index in [0.29, 0.717) is 6.61 Å². The highest BCUT2D eigenvalue weighted by Crippen LogP contribution is 2.40. The van der Waals surface area contributed by atoms with Gasteiger partial charge in [-0.2, -0.15) is 0 Å². The van der Waals surface area contributed by atoms with Crippen LogP contribution in [0.5, 0.6) is 0 Å². The van der Waals surface area contributed by atoms with Crippen LogP contribution in [-0.4, -0.2) is 31.9 Å². The van der Waals surface area contributed by atoms with E-state index in [1.54, 1.807) is 0 Å². The van der Waals surface area contributed by atoms with Crippen molar-refractivity contribution in [1.29, 1.82) is 0 Å². The van der Waals surface area contributed by atoms with Crippen molar-refractivity contribution >= 4 is 5.78 Å². The Morgan fingerprint density at radius 2 is 1.57 bits per heavy atom. The number of ether oxygens (including phenoxy) is 3. The molecule has 120 valence electrons. The van der Waals surface area contributed by atoms with Crippen LogP contribution in [0.4, 0.5) is 0 Å². The number of methoxy groups -OCH3 is 1. The lowest BCUT2D eigenvalue weighted by molar-refractivity contribution is -0.141. The van der Waals surface area contributed by atoms with E-state index in [1.165, 1.54) is 7.11 Å². The summed E-state index contributed by atoms with van der Waals surface area (Å²) in [7, 11) is 1.53. The van der Waals surface area contributed by atoms with Crippen molar-refractivity contribution < 1.29 is 19.0 Å². The molecule has 0 aliphatic carbocycles. The van der Waals surface area contributed by atoms with Gasteiger partial charge in [-0.25, -0.2) is 0 Å². The van der Waals surface area contributed by atoms with Gasteiger partial charge in [-0.15, -0.1) is 0 Å². The van der Waals surface area contributed by atoms with Crippen LogP contribution in [0.15, 0.2) is 60.7 Å². The molecule has 4 heteroatoms. The monoisotopic (exact) mass is 312 g/mol. The second-order valence-corrected chi connectivity index (χ2v) is 5.37. The van der Waals surface area contributed by atoms with Gasteiger partial charge < -0.3 is 14.2 Å². The maximum atomic E-state index is 13.3. The second kappa shape index (κ2) is 6.62. The Bertz CT molecular complexity index is 614. The molecule has 2 aromatic carbocycles. The Labute approximate surface area is 136 Å². The molecular weight excluding hydrogens is 292 g/mol. The first-order chi connectivity index (χ1) is 11.2. The number of rotatable bonds is 7. The summed E-state index contributed by atoms with van der Waals surface area (Å²) in [5.74, 6) is -0.136. The van der Waals surface area contributed by atoms with E-state index in [-0.39, 0.29) is 5.78 Å². The number of carbonyl (C=O) groups excluding carboxylic acids is 1. The number of hydrogen-bond donors (Lipinski definition) is 0. The minimum Gasteiger partial charge on any atom is -0.358 e. The van der Waals surface area contributed by atoms with Gasteiger partial charge in [-0.1, -0.05) is 60.7 Å². The third-order valence-electron chi connectivity index (χ3n) is 4.01. The van der Waals surface area contributed by atoms with Crippen LogP contribution < -0.4 is 0 Å². The molecule has 23 heavy (non-hydrogen) atoms. The molecule has 0 aromatic heterocycles. The fourth-order valence-electron chi connectivity index (χ4n) is 2.92. The molecular formula is C19H20O4. The molecule has 4 nitrogen and oxygen atoms in total. The zero-order valence-electron chi connectivity index (χ0n) is 13.3. The van der Waals surface area contributed by atoms with Crippen LogP contribution in [0.1, 0.15) is 18.1 Å². The van der Waals surface area contributed by atoms with Crippen molar-refractivity contribution in [1.82, 2.24) is 0 Å². The summed E-state index contributed by atoms with van der Waals surface area (Å²) in [6.07, 6.45) is -1.10. The van der Waals surface area contributed by atoms with Crippen LogP contribution in [0.25, 0.3) is 0 Å². The largest absolute Gasteiger partial charge is 0.358 e. The summed E-state index contributed by atoms with van der Waals surface area (Å²) >= 11 is 0. The smallest absolute Gasteiger partial charge is 0.207 e. The summed E-state index contributed by atoms with van der Waals surface area (Å²) in [5, 5.41) is 0. The van der Waals surface area contributed by atoms with Crippen LogP contribution in [0, 0.1) is 0 Å². The fourth-order valence-corrected chi connectivity index (χ4v) is 2.92. The van der Waals surface area contributed by atoms with Gasteiger partial charge in [0.2, 0.25) is 5.78 Å². The Balaban J connectivity index is 2.13. The predicted octanol–water partition coefficient (Wildman–Crippen LogP) is 2.91. The molecule has 1 aliphatic rings. The molecule has 1 heterocycles. The van der Waals surface area contributed by atoms with Crippen molar-refractivity contribution in [3.05, 3.63) is 71.8 Å². The molecule has 1 saturated heterocycles. The first-order valence-electron chi connectivity index (χ1n) is 7.71. The van der Waals surface area contributed by atoms with E-state index in [1.807, 2.05) is 67.6 Å². The van der Waals surface area contributed by atoms with Crippen molar-refractivity contribution in [3.8, 4) is 0 Å². The molecule has 2 unspecified atom stereocenters. The highest BCUT2D eigenvalue weighted by molar-refractivity contribution is 5.97. The van der Waals surface area contributed by atoms with Gasteiger partial charge in [0.15, 0.2) is 18.0 Å². The van der Waals surface area contributed by atoms with Crippen molar-refractivity contribution in [3.63, 3.8) is 0 Å². The second-order valence-electron chi connectivity index (χ2n) is 5.37. The van der Waals surface area contributed by atoms with E-state index in [2.05, 4.69) is 0 Å². The first-order valence-corrected chi connectivity index (χ1v) is 7.71. The Hall–Kier alpha value is -2.01. The molecule has 1 fully saturated rings. The molecule has 0 bridgehead atoms. The normalized spacial score (nSPS) is 20.3. The van der Waals surface area contributed by atoms with E-state index in [4.69, 9.17) is 14.2 Å². The summed E-state index contributed by atoms with van der Waals surface area (Å²) in [6, 6.07) is 19.1. The average Bonchev–Trinajstić information content (AvgIpc) is 3.40. The van der Waals surface area contributed by atoms with Crippen LogP contribution in [-0.2, 0) is 24.6 Å². The first kappa shape index (κ1) is 15.9. The minimum atomic E-state index is -1.19. The quantitative estimate of drug-likeness (QED) is 0.738. The van der Waals surface area contributed by atoms with Gasteiger partial charge in [-0.05, 0) is 18.1 Å². The topological polar surface area (TPSA) is 48.1 Å². The van der Waals surface area contributed by atoms with Crippen LogP contribution >= 0.6 is 0 Å². The molecule has 0 N–H and O–H groups in total. The summed E-state index contributed by atoms with van der Waals surface area (Å²) < 4.78 is 16.6. The van der Waals surface area contributed by atoms with E-state index in [9.17, 15) is 4.79 Å². The maximum absolute atomic E-state index is 13.3. The lowest BCUT2D eigenvalue weighted by Crippen LogP contribution is -2.43. The van der Waals surface area contributed by atoms with Crippen molar-refractivity contribution in [2.45, 2.75) is 24.9 Å². The summed E-state index contributed by atoms with van der Waals surface area (Å²) in [5.41, 5.74) is 0.404. The Kier molecular flexibility index (Phi) is 4.57. The third-order valence-corrected chi connectivity index (χ3v) is 4.01. The van der Waals surface area contributed by atoms with Gasteiger partial charge in [-0.3, -0.25) is 4.79 Å². The zero-order valence-corrected chi connectivity index (χ0v) is 13.3. The Morgan fingerprint density at radius 1 is 1.04 bits per heavy atom. The summed E-state index contributed by atoms with van der Waals surface area (Å²) in [4.78, 5) is 13.3. The van der Waals surface area contributed by atoms with Gasteiger partial charge in [0, 0.05) is 13.7 Å². The fraction of sp³-hybridized carbons (Fsp3) is 0.316. The van der Waals surface area contributed by atoms with Crippen LogP contribution in [0.2, 0.25) is 0 Å². The average molecular weight is 312 g/mol. The zero-order chi connectivity index (χ0) is 16.3. The van der Waals surface area contributed by atoms with Gasteiger partial charge in [0.05, 0.1) is 0 Å². The van der Waals surface area contributed by atoms with Gasteiger partial charge in [0.1, 0.15) is 0 Å². The molecule has 0 amide bonds. The molecule has 2 atom stereocenters. The Morgan fingerprint density at radius 3 is 1.96 bits per heavy atom. The number of epoxide rings is 1. The summed E-state index contributed by atoms with van der Waals surface area (Å²) in [6.45, 7) is 2.29. The van der Waals surface area contributed by atoms with Gasteiger partial charge >= 0.3 is 0 Å². The molecule has 0 spiro atoms. The molecule has 0 radical (unpaired) electrons. The number of carbonyl (C=O) groups is 1. The van der Waals surface area contributed by atoms with Crippen molar-refractivity contribution in [2.24, 2.45) is 0 Å². The van der Waals surface area contributed by atoms with Crippen molar-refractivity contribution in [2.75, 3.05) is 13.7 Å². The van der Waals surface area contributed by atoms with E-state index < -0.39 is 18.0 Å². The number of ketones is 1. The minimum absolute atomic E-state index is 0.136. The van der Waals surface area contributed by atoms with Gasteiger partial charge in [0.25, 0.3) is 0 Å². The lowest BCUT2D eigenvalue weighted by atomic mass is 9.81. The molecule has 0 saturated carbocycles. The highest BCUT2D eigenvalue weighted by atomic mass is 16.8. The maximum Gasteiger partial charge on any atom is 0.207 e. The number of hydrogen-bond acceptors (Lipinski definition) is 4. The predicted molar refractivity (Wildman–Crippen MR) is 86.0 cm³/mol. The lowest BCUT2D eigenvalue weighted by Gasteiger charge is -2.33. The van der Waals surface area contributed by atoms with Crippen LogP contribution in [0.3, 0.4) is 0 Å². The highest BCUT2D eigenvalue weighted by Gasteiger charge is 2.56. The number of benzene rings is 2. The molecule has 3 rings (SSSR count). The standard InChI is InChI=1S/C19H20O4/c1-3-22-19(14-10-6-4-7-11-14,15-12-8-5-9-13-15)17(20)16-18(21-2)23-16/h4-13,16,18H,3H2,1-2H3. The SMILES string of the molecule is CCOC(C(=O)C1OC1OC)(c1ccccc1)c1ccccc1. The third kappa shape index (κ3) is 2.81.